The quantitative estimate of drug-likeness (QED) is 0.255. The molecule has 0 saturated heterocycles. The first-order valence-corrected chi connectivity index (χ1v) is 13.4. The van der Waals surface area contributed by atoms with Gasteiger partial charge in [0.05, 0.1) is 41.2 Å². The number of carbonyl (C=O) groups is 1. The number of halogens is 1. The summed E-state index contributed by atoms with van der Waals surface area (Å²) in [5, 5.41) is 0. The number of benzene rings is 2. The van der Waals surface area contributed by atoms with Crippen LogP contribution in [0.3, 0.4) is 0 Å². The Hall–Kier alpha value is -3.40. The zero-order valence-electron chi connectivity index (χ0n) is 19.8. The first kappa shape index (κ1) is 25.7. The average molecular weight is 543 g/mol. The molecule has 186 valence electrons. The van der Waals surface area contributed by atoms with E-state index in [1.54, 1.807) is 55.7 Å². The number of aromatic nitrogens is 1. The van der Waals surface area contributed by atoms with E-state index in [9.17, 15) is 13.2 Å². The van der Waals surface area contributed by atoms with Crippen molar-refractivity contribution in [2.75, 3.05) is 18.5 Å². The molecule has 0 aliphatic carbocycles. The molecule has 0 unspecified atom stereocenters. The lowest BCUT2D eigenvalue weighted by atomic mass is 10.0. The van der Waals surface area contributed by atoms with E-state index in [-0.39, 0.29) is 22.7 Å². The molecule has 2 heterocycles. The van der Waals surface area contributed by atoms with Crippen molar-refractivity contribution in [3.8, 4) is 16.2 Å². The zero-order valence-corrected chi connectivity index (χ0v) is 22.2. The monoisotopic (exact) mass is 542 g/mol. The number of rotatable bonds is 8. The van der Waals surface area contributed by atoms with Crippen LogP contribution >= 0.6 is 22.9 Å². The van der Waals surface area contributed by atoms with Crippen LogP contribution in [0.4, 0.5) is 5.69 Å². The molecule has 0 atom stereocenters. The molecule has 0 bridgehead atoms. The van der Waals surface area contributed by atoms with Crippen LogP contribution in [0.5, 0.6) is 5.75 Å². The summed E-state index contributed by atoms with van der Waals surface area (Å²) >= 11 is 7.49. The second-order valence-electron chi connectivity index (χ2n) is 7.83. The van der Waals surface area contributed by atoms with Crippen molar-refractivity contribution < 1.29 is 22.7 Å². The normalized spacial score (nSPS) is 11.2. The third-order valence-electron chi connectivity index (χ3n) is 5.51. The second kappa shape index (κ2) is 10.7. The topological polar surface area (TPSA) is 85.8 Å². The van der Waals surface area contributed by atoms with Gasteiger partial charge >= 0.3 is 5.97 Å². The molecule has 0 radical (unpaired) electrons. The number of pyridine rings is 1. The van der Waals surface area contributed by atoms with Crippen LogP contribution < -0.4 is 9.04 Å². The summed E-state index contributed by atoms with van der Waals surface area (Å²) in [7, 11) is -1.34. The van der Waals surface area contributed by atoms with Gasteiger partial charge in [-0.3, -0.25) is 9.29 Å². The van der Waals surface area contributed by atoms with Gasteiger partial charge in [-0.25, -0.2) is 13.2 Å². The summed E-state index contributed by atoms with van der Waals surface area (Å²) in [6, 6.07) is 16.7. The maximum Gasteiger partial charge on any atom is 0.340 e. The van der Waals surface area contributed by atoms with Crippen LogP contribution in [0.1, 0.15) is 21.5 Å². The van der Waals surface area contributed by atoms with Crippen LogP contribution in [0.2, 0.25) is 4.34 Å². The highest BCUT2D eigenvalue weighted by Gasteiger charge is 2.31. The van der Waals surface area contributed by atoms with E-state index in [4.69, 9.17) is 21.1 Å². The van der Waals surface area contributed by atoms with Crippen LogP contribution in [0.15, 0.2) is 78.0 Å². The lowest BCUT2D eigenvalue weighted by Gasteiger charge is -2.28. The molecule has 4 rings (SSSR count). The van der Waals surface area contributed by atoms with Gasteiger partial charge in [0.15, 0.2) is 0 Å². The minimum atomic E-state index is -4.11. The molecule has 0 saturated carbocycles. The number of anilines is 1. The summed E-state index contributed by atoms with van der Waals surface area (Å²) in [5.74, 6) is -0.128. The predicted octanol–water partition coefficient (Wildman–Crippen LogP) is 5.96. The number of ether oxygens (including phenoxy) is 2. The summed E-state index contributed by atoms with van der Waals surface area (Å²) in [5.41, 5.74) is 2.32. The van der Waals surface area contributed by atoms with Crippen molar-refractivity contribution in [2.45, 2.75) is 18.4 Å². The van der Waals surface area contributed by atoms with Crippen molar-refractivity contribution in [3.63, 3.8) is 0 Å². The highest BCUT2D eigenvalue weighted by Crippen LogP contribution is 2.38. The Morgan fingerprint density at radius 2 is 1.83 bits per heavy atom. The number of hydrogen-bond donors (Lipinski definition) is 0. The van der Waals surface area contributed by atoms with Crippen LogP contribution in [0.25, 0.3) is 10.4 Å². The Kier molecular flexibility index (Phi) is 7.63. The van der Waals surface area contributed by atoms with Gasteiger partial charge < -0.3 is 9.47 Å². The van der Waals surface area contributed by atoms with E-state index in [0.717, 1.165) is 10.4 Å². The SMILES string of the molecule is COC(=O)c1cc(-c2ccc(Cl)s2)cc(C)c1N(Cc1cccnc1)S(=O)(=O)c1ccc(OC)cc1. The number of sulfonamides is 1. The van der Waals surface area contributed by atoms with Crippen molar-refractivity contribution in [3.05, 3.63) is 94.1 Å². The number of hydrogen-bond acceptors (Lipinski definition) is 7. The molecule has 0 amide bonds. The average Bonchev–Trinajstić information content (AvgIpc) is 3.33. The predicted molar refractivity (Wildman–Crippen MR) is 141 cm³/mol. The molecule has 4 aromatic rings. The number of esters is 1. The summed E-state index contributed by atoms with van der Waals surface area (Å²) in [6.45, 7) is 1.72. The standard InChI is InChI=1S/C26H23ClN2O5S2/c1-17-13-19(23-10-11-24(27)35-23)14-22(26(30)34-3)25(17)29(16-18-5-4-12-28-15-18)36(31,32)21-8-6-20(33-2)7-9-21/h4-15H,16H2,1-3H3. The molecule has 0 fully saturated rings. The molecule has 2 aromatic carbocycles. The second-order valence-corrected chi connectivity index (χ2v) is 11.4. The van der Waals surface area contributed by atoms with Gasteiger partial charge in [-0.2, -0.15) is 0 Å². The molecular weight excluding hydrogens is 520 g/mol. The summed E-state index contributed by atoms with van der Waals surface area (Å²) < 4.78 is 40.1. The van der Waals surface area contributed by atoms with E-state index >= 15 is 0 Å². The molecule has 0 aliphatic rings. The number of nitrogens with zero attached hydrogens (tertiary/aromatic N) is 2. The van der Waals surface area contributed by atoms with Crippen molar-refractivity contribution in [2.24, 2.45) is 0 Å². The molecule has 10 heteroatoms. The fraction of sp³-hybridized carbons (Fsp3) is 0.154. The van der Waals surface area contributed by atoms with E-state index in [2.05, 4.69) is 4.98 Å². The smallest absolute Gasteiger partial charge is 0.340 e. The van der Waals surface area contributed by atoms with Crippen LogP contribution in [0, 0.1) is 6.92 Å². The lowest BCUT2D eigenvalue weighted by Crippen LogP contribution is -2.33. The number of methoxy groups -OCH3 is 2. The van der Waals surface area contributed by atoms with Gasteiger partial charge in [0.1, 0.15) is 5.75 Å². The molecule has 0 aliphatic heterocycles. The highest BCUT2D eigenvalue weighted by atomic mass is 35.5. The molecular formula is C26H23ClN2O5S2. The van der Waals surface area contributed by atoms with Crippen molar-refractivity contribution in [1.82, 2.24) is 4.98 Å². The van der Waals surface area contributed by atoms with Gasteiger partial charge in [-0.1, -0.05) is 17.7 Å². The number of carbonyl (C=O) groups excluding carboxylic acids is 1. The van der Waals surface area contributed by atoms with Crippen molar-refractivity contribution in [1.29, 1.82) is 0 Å². The Morgan fingerprint density at radius 1 is 1.08 bits per heavy atom. The Bertz CT molecular complexity index is 1490. The fourth-order valence-electron chi connectivity index (χ4n) is 3.80. The van der Waals surface area contributed by atoms with E-state index < -0.39 is 16.0 Å². The van der Waals surface area contributed by atoms with Gasteiger partial charge in [0.2, 0.25) is 0 Å². The minimum absolute atomic E-state index is 0.0444. The van der Waals surface area contributed by atoms with E-state index in [1.165, 1.54) is 42.0 Å². The Morgan fingerprint density at radius 3 is 2.42 bits per heavy atom. The van der Waals surface area contributed by atoms with Gasteiger partial charge in [-0.15, -0.1) is 11.3 Å². The largest absolute Gasteiger partial charge is 0.497 e. The van der Waals surface area contributed by atoms with Gasteiger partial charge in [0, 0.05) is 17.3 Å². The molecule has 7 nitrogen and oxygen atoms in total. The molecule has 0 spiro atoms. The van der Waals surface area contributed by atoms with Crippen LogP contribution in [-0.2, 0) is 21.3 Å². The lowest BCUT2D eigenvalue weighted by molar-refractivity contribution is 0.0601. The first-order valence-electron chi connectivity index (χ1n) is 10.8. The Labute approximate surface area is 218 Å². The Balaban J connectivity index is 1.94. The highest BCUT2D eigenvalue weighted by molar-refractivity contribution is 7.92. The van der Waals surface area contributed by atoms with Crippen molar-refractivity contribution >= 4 is 44.6 Å². The maximum absolute atomic E-state index is 14.0. The van der Waals surface area contributed by atoms with E-state index in [0.29, 0.717) is 21.2 Å². The summed E-state index contributed by atoms with van der Waals surface area (Å²) in [6.07, 6.45) is 3.20. The molecule has 2 aromatic heterocycles. The maximum atomic E-state index is 14.0. The molecule has 0 N–H and O–H groups in total. The first-order chi connectivity index (χ1) is 17.2. The zero-order chi connectivity index (χ0) is 25.9. The number of aryl methyl sites for hydroxylation is 1. The van der Waals surface area contributed by atoms with Gasteiger partial charge in [-0.05, 0) is 78.2 Å². The third-order valence-corrected chi connectivity index (χ3v) is 8.55. The van der Waals surface area contributed by atoms with Crippen LogP contribution in [-0.4, -0.2) is 33.6 Å². The molecule has 36 heavy (non-hydrogen) atoms. The minimum Gasteiger partial charge on any atom is -0.497 e. The number of thiophene rings is 1. The van der Waals surface area contributed by atoms with E-state index in [1.807, 2.05) is 12.1 Å². The third kappa shape index (κ3) is 5.23. The summed E-state index contributed by atoms with van der Waals surface area (Å²) in [4.78, 5) is 18.0. The van der Waals surface area contributed by atoms with Gasteiger partial charge in [0.25, 0.3) is 10.0 Å². The fourth-order valence-corrected chi connectivity index (χ4v) is 6.37.